The smallest absolute Gasteiger partial charge is 0.340 e. The second kappa shape index (κ2) is 8.15. The van der Waals surface area contributed by atoms with E-state index in [1.807, 2.05) is 0 Å². The molecule has 0 aromatic heterocycles. The second-order valence-corrected chi connectivity index (χ2v) is 12.5. The molecular formula is C27H17I2N3O6. The first-order chi connectivity index (χ1) is 18.2. The molecule has 4 aliphatic rings. The molecule has 2 unspecified atom stereocenters. The number of fused-ring (bicyclic) bond motifs is 6. The summed E-state index contributed by atoms with van der Waals surface area (Å²) in [5, 5.41) is 0. The number of alkyl halides is 2. The maximum Gasteiger partial charge on any atom is 0.340 e. The van der Waals surface area contributed by atoms with E-state index >= 15 is 0 Å². The monoisotopic (exact) mass is 733 g/mol. The molecule has 1 spiro atoms. The van der Waals surface area contributed by atoms with Gasteiger partial charge in [-0.1, -0.05) is 45.2 Å². The van der Waals surface area contributed by atoms with Gasteiger partial charge in [-0.2, -0.15) is 0 Å². The van der Waals surface area contributed by atoms with Crippen molar-refractivity contribution in [2.75, 3.05) is 22.9 Å². The van der Waals surface area contributed by atoms with Gasteiger partial charge in [0.1, 0.15) is 19.3 Å². The van der Waals surface area contributed by atoms with Gasteiger partial charge in [-0.25, -0.2) is 4.79 Å². The Morgan fingerprint density at radius 1 is 0.816 bits per heavy atom. The fraction of sp³-hybridized carbons (Fsp3) is 0.185. The minimum Gasteiger partial charge on any atom is -0.456 e. The van der Waals surface area contributed by atoms with Gasteiger partial charge in [0, 0.05) is 58.9 Å². The summed E-state index contributed by atoms with van der Waals surface area (Å²) < 4.78 is 12.4. The predicted octanol–water partition coefficient (Wildman–Crippen LogP) is 3.65. The minimum atomic E-state index is -1.41. The van der Waals surface area contributed by atoms with E-state index in [1.165, 1.54) is 6.07 Å². The summed E-state index contributed by atoms with van der Waals surface area (Å²) in [4.78, 5) is 53.4. The van der Waals surface area contributed by atoms with Crippen molar-refractivity contribution in [3.8, 4) is 11.5 Å². The van der Waals surface area contributed by atoms with E-state index in [1.54, 1.807) is 58.3 Å². The lowest BCUT2D eigenvalue weighted by Gasteiger charge is -2.40. The molecule has 0 radical (unpaired) electrons. The van der Waals surface area contributed by atoms with Crippen LogP contribution in [0.2, 0.25) is 0 Å². The fourth-order valence-electron chi connectivity index (χ4n) is 5.42. The third kappa shape index (κ3) is 3.14. The Morgan fingerprint density at radius 3 is 1.84 bits per heavy atom. The Morgan fingerprint density at radius 2 is 1.37 bits per heavy atom. The van der Waals surface area contributed by atoms with E-state index in [-0.39, 0.29) is 25.2 Å². The third-order valence-corrected chi connectivity index (χ3v) is 9.29. The van der Waals surface area contributed by atoms with E-state index in [9.17, 15) is 19.2 Å². The number of nitrogens with two attached hydrogens (primary N) is 1. The summed E-state index contributed by atoms with van der Waals surface area (Å²) in [7, 11) is 0. The first-order valence-corrected chi connectivity index (χ1v) is 14.2. The van der Waals surface area contributed by atoms with Crippen LogP contribution in [0.3, 0.4) is 0 Å². The SMILES string of the molecule is NC(=O)c1ccc2c(c1)C1(OC2=O)c2ccc(N3CC(I)C3=O)cc2Oc2cc(N3CC(I)C3=O)ccc21. The van der Waals surface area contributed by atoms with Crippen LogP contribution in [0.1, 0.15) is 37.4 Å². The van der Waals surface area contributed by atoms with Crippen molar-refractivity contribution in [1.29, 1.82) is 0 Å². The molecular weight excluding hydrogens is 716 g/mol. The van der Waals surface area contributed by atoms with Crippen LogP contribution in [-0.4, -0.2) is 44.6 Å². The highest BCUT2D eigenvalue weighted by Crippen LogP contribution is 2.57. The number of carbonyl (C=O) groups excluding carboxylic acids is 4. The van der Waals surface area contributed by atoms with Crippen molar-refractivity contribution < 1.29 is 28.7 Å². The number of hydrogen-bond donors (Lipinski definition) is 1. The zero-order valence-electron chi connectivity index (χ0n) is 19.4. The van der Waals surface area contributed by atoms with Gasteiger partial charge >= 0.3 is 5.97 Å². The highest BCUT2D eigenvalue weighted by Gasteiger charge is 2.54. The normalized spacial score (nSPS) is 24.6. The van der Waals surface area contributed by atoms with Gasteiger partial charge in [0.2, 0.25) is 17.7 Å². The van der Waals surface area contributed by atoms with E-state index in [2.05, 4.69) is 45.2 Å². The lowest BCUT2D eigenvalue weighted by Crippen LogP contribution is -2.53. The van der Waals surface area contributed by atoms with Gasteiger partial charge in [-0.15, -0.1) is 0 Å². The summed E-state index contributed by atoms with van der Waals surface area (Å²) in [6.45, 7) is 1.16. The molecule has 4 aliphatic heterocycles. The van der Waals surface area contributed by atoms with Gasteiger partial charge in [0.15, 0.2) is 5.60 Å². The molecule has 9 nitrogen and oxygen atoms in total. The maximum absolute atomic E-state index is 13.2. The van der Waals surface area contributed by atoms with Crippen LogP contribution in [-0.2, 0) is 19.9 Å². The number of amides is 3. The van der Waals surface area contributed by atoms with E-state index in [4.69, 9.17) is 15.2 Å². The first-order valence-electron chi connectivity index (χ1n) is 11.7. The number of hydrogen-bond acceptors (Lipinski definition) is 6. The summed E-state index contributed by atoms with van der Waals surface area (Å²) in [6, 6.07) is 15.3. The Balaban J connectivity index is 1.44. The number of anilines is 2. The van der Waals surface area contributed by atoms with Crippen LogP contribution in [0.4, 0.5) is 11.4 Å². The second-order valence-electron chi connectivity index (χ2n) is 9.49. The topological polar surface area (TPSA) is 119 Å². The molecule has 2 fully saturated rings. The van der Waals surface area contributed by atoms with Crippen LogP contribution in [0.25, 0.3) is 0 Å². The standard InChI is InChI=1S/C27H17I2N3O6/c28-19-10-31(24(19)34)13-2-5-16-21(8-13)37-22-9-14(32-11-20(29)25(32)35)3-6-17(22)27(16)18-7-12(23(30)33)1-4-15(18)26(36)38-27/h1-9,19-20H,10-11H2,(H2,30,33). The lowest BCUT2D eigenvalue weighted by atomic mass is 9.77. The van der Waals surface area contributed by atoms with Crippen LogP contribution in [0.15, 0.2) is 54.6 Å². The van der Waals surface area contributed by atoms with Crippen molar-refractivity contribution in [1.82, 2.24) is 0 Å². The third-order valence-electron chi connectivity index (χ3n) is 7.44. The van der Waals surface area contributed by atoms with Gasteiger partial charge < -0.3 is 25.0 Å². The number of rotatable bonds is 3. The maximum atomic E-state index is 13.2. The predicted molar refractivity (Wildman–Crippen MR) is 154 cm³/mol. The van der Waals surface area contributed by atoms with E-state index < -0.39 is 17.5 Å². The van der Waals surface area contributed by atoms with E-state index in [0.717, 1.165) is 0 Å². The largest absolute Gasteiger partial charge is 0.456 e. The Kier molecular flexibility index (Phi) is 5.12. The number of esters is 1. The molecule has 2 saturated heterocycles. The molecule has 4 heterocycles. The Bertz CT molecular complexity index is 1560. The molecule has 0 aliphatic carbocycles. The van der Waals surface area contributed by atoms with Gasteiger partial charge in [0.05, 0.1) is 5.56 Å². The molecule has 0 saturated carbocycles. The number of nitrogens with zero attached hydrogens (tertiary/aromatic N) is 2. The number of carbonyl (C=O) groups is 4. The van der Waals surface area contributed by atoms with Crippen molar-refractivity contribution in [2.24, 2.45) is 5.73 Å². The summed E-state index contributed by atoms with van der Waals surface area (Å²) in [5.74, 6) is -0.346. The molecule has 3 aromatic rings. The zero-order valence-corrected chi connectivity index (χ0v) is 23.8. The fourth-order valence-corrected chi connectivity index (χ4v) is 6.88. The molecule has 3 amide bonds. The molecule has 11 heteroatoms. The number of halogens is 2. The average molecular weight is 733 g/mol. The Labute approximate surface area is 243 Å². The molecule has 7 rings (SSSR count). The molecule has 190 valence electrons. The van der Waals surface area contributed by atoms with Crippen LogP contribution in [0, 0.1) is 0 Å². The minimum absolute atomic E-state index is 0.00662. The van der Waals surface area contributed by atoms with Crippen LogP contribution in [0.5, 0.6) is 11.5 Å². The van der Waals surface area contributed by atoms with Crippen LogP contribution < -0.4 is 20.3 Å². The first kappa shape index (κ1) is 23.9. The van der Waals surface area contributed by atoms with Crippen molar-refractivity contribution in [3.05, 3.63) is 82.4 Å². The molecule has 2 N–H and O–H groups in total. The van der Waals surface area contributed by atoms with Gasteiger partial charge in [-0.05, 0) is 42.5 Å². The number of primary amides is 1. The van der Waals surface area contributed by atoms with Crippen LogP contribution >= 0.6 is 45.2 Å². The summed E-state index contributed by atoms with van der Waals surface area (Å²) in [6.07, 6.45) is 0. The molecule has 38 heavy (non-hydrogen) atoms. The Hall–Kier alpha value is -3.20. The highest BCUT2D eigenvalue weighted by molar-refractivity contribution is 14.1. The molecule has 3 aromatic carbocycles. The molecule has 0 bridgehead atoms. The number of β-lactam (4-membered cyclic amide) rings is 2. The van der Waals surface area contributed by atoms with Crippen molar-refractivity contribution in [3.63, 3.8) is 0 Å². The summed E-state index contributed by atoms with van der Waals surface area (Å²) in [5.41, 5.74) is 7.65. The average Bonchev–Trinajstić information content (AvgIpc) is 3.21. The quantitative estimate of drug-likeness (QED) is 0.190. The van der Waals surface area contributed by atoms with Gasteiger partial charge in [0.25, 0.3) is 0 Å². The number of benzene rings is 3. The summed E-state index contributed by atoms with van der Waals surface area (Å²) >= 11 is 4.23. The molecule has 2 atom stereocenters. The lowest BCUT2D eigenvalue weighted by molar-refractivity contribution is -0.121. The van der Waals surface area contributed by atoms with Crippen molar-refractivity contribution >= 4 is 80.2 Å². The zero-order chi connectivity index (χ0) is 26.5. The highest BCUT2D eigenvalue weighted by atomic mass is 127. The number of ether oxygens (including phenoxy) is 2. The van der Waals surface area contributed by atoms with E-state index in [0.29, 0.717) is 58.2 Å². The van der Waals surface area contributed by atoms with Crippen molar-refractivity contribution in [2.45, 2.75) is 13.5 Å². The van der Waals surface area contributed by atoms with Gasteiger partial charge in [-0.3, -0.25) is 14.4 Å².